The molecule has 0 bridgehead atoms. The van der Waals surface area contributed by atoms with E-state index in [-0.39, 0.29) is 23.7 Å². The summed E-state index contributed by atoms with van der Waals surface area (Å²) in [5.74, 6) is -0.319. The first-order valence-electron chi connectivity index (χ1n) is 7.76. The second kappa shape index (κ2) is 7.11. The van der Waals surface area contributed by atoms with Crippen LogP contribution < -0.4 is 4.90 Å². The van der Waals surface area contributed by atoms with Gasteiger partial charge in [0.2, 0.25) is 0 Å². The van der Waals surface area contributed by atoms with Crippen LogP contribution in [0.3, 0.4) is 0 Å². The molecular formula is C19H16BrNO4. The Kier molecular flexibility index (Phi) is 4.90. The molecule has 0 N–H and O–H groups in total. The maximum Gasteiger partial charge on any atom is 0.340 e. The number of hydrogen-bond donors (Lipinski definition) is 0. The first-order chi connectivity index (χ1) is 12.0. The van der Waals surface area contributed by atoms with E-state index in [1.165, 1.54) is 11.2 Å². The molecule has 6 heteroatoms. The molecule has 2 heterocycles. The normalized spacial score (nSPS) is 16.0. The summed E-state index contributed by atoms with van der Waals surface area (Å²) in [7, 11) is 0. The summed E-state index contributed by atoms with van der Waals surface area (Å²) >= 11 is 3.38. The standard InChI is InChI=1S/C19H16BrNO4/c1-3-24-19(23)17-12(2)21(14-8-6-13(20)7-9-14)18(22)16(17)11-15-5-4-10-25-15/h4-11H,3H2,1-2H3/b16-11+. The van der Waals surface area contributed by atoms with Gasteiger partial charge in [-0.1, -0.05) is 15.9 Å². The van der Waals surface area contributed by atoms with E-state index in [0.29, 0.717) is 17.1 Å². The number of esters is 1. The van der Waals surface area contributed by atoms with Crippen molar-refractivity contribution in [3.05, 3.63) is 69.7 Å². The van der Waals surface area contributed by atoms with Crippen LogP contribution in [0.2, 0.25) is 0 Å². The maximum absolute atomic E-state index is 13.0. The largest absolute Gasteiger partial charge is 0.465 e. The SMILES string of the molecule is CCOC(=O)C1=C(C)N(c2ccc(Br)cc2)C(=O)/C1=C/c1ccco1. The van der Waals surface area contributed by atoms with Crippen molar-refractivity contribution in [2.24, 2.45) is 0 Å². The molecule has 0 saturated carbocycles. The molecule has 0 fully saturated rings. The number of rotatable bonds is 4. The number of nitrogens with zero attached hydrogens (tertiary/aromatic N) is 1. The molecule has 0 radical (unpaired) electrons. The monoisotopic (exact) mass is 401 g/mol. The van der Waals surface area contributed by atoms with Gasteiger partial charge in [0.15, 0.2) is 0 Å². The molecule has 0 unspecified atom stereocenters. The Morgan fingerprint density at radius 1 is 1.28 bits per heavy atom. The Balaban J connectivity index is 2.11. The van der Waals surface area contributed by atoms with Crippen molar-refractivity contribution >= 4 is 39.6 Å². The van der Waals surface area contributed by atoms with Crippen LogP contribution in [-0.2, 0) is 14.3 Å². The number of halogens is 1. The van der Waals surface area contributed by atoms with Gasteiger partial charge in [0.05, 0.1) is 24.0 Å². The molecule has 1 aliphatic heterocycles. The fourth-order valence-corrected chi connectivity index (χ4v) is 2.96. The van der Waals surface area contributed by atoms with E-state index in [1.54, 1.807) is 32.1 Å². The van der Waals surface area contributed by atoms with Crippen LogP contribution in [0.5, 0.6) is 0 Å². The molecule has 1 aromatic heterocycles. The average molecular weight is 402 g/mol. The van der Waals surface area contributed by atoms with E-state index < -0.39 is 5.97 Å². The summed E-state index contributed by atoms with van der Waals surface area (Å²) in [5, 5.41) is 0. The van der Waals surface area contributed by atoms with Crippen molar-refractivity contribution in [1.29, 1.82) is 0 Å². The molecule has 1 aliphatic rings. The molecule has 5 nitrogen and oxygen atoms in total. The van der Waals surface area contributed by atoms with Crippen LogP contribution in [0, 0.1) is 0 Å². The van der Waals surface area contributed by atoms with E-state index in [2.05, 4.69) is 15.9 Å². The lowest BCUT2D eigenvalue weighted by molar-refractivity contribution is -0.138. The lowest BCUT2D eigenvalue weighted by atomic mass is 10.1. The summed E-state index contributed by atoms with van der Waals surface area (Å²) in [5.41, 5.74) is 1.72. The summed E-state index contributed by atoms with van der Waals surface area (Å²) < 4.78 is 11.3. The Hall–Kier alpha value is -2.60. The number of hydrogen-bond acceptors (Lipinski definition) is 4. The third-order valence-corrected chi connectivity index (χ3v) is 4.32. The second-order valence-corrected chi connectivity index (χ2v) is 6.29. The molecule has 1 aromatic carbocycles. The van der Waals surface area contributed by atoms with Gasteiger partial charge in [-0.25, -0.2) is 4.79 Å². The van der Waals surface area contributed by atoms with Gasteiger partial charge in [-0.2, -0.15) is 0 Å². The predicted octanol–water partition coefficient (Wildman–Crippen LogP) is 4.31. The number of furan rings is 1. The van der Waals surface area contributed by atoms with Crippen molar-refractivity contribution < 1.29 is 18.7 Å². The number of amides is 1. The van der Waals surface area contributed by atoms with Crippen LogP contribution >= 0.6 is 15.9 Å². The molecule has 0 saturated heterocycles. The van der Waals surface area contributed by atoms with Crippen molar-refractivity contribution in [3.63, 3.8) is 0 Å². The minimum Gasteiger partial charge on any atom is -0.465 e. The number of anilines is 1. The van der Waals surface area contributed by atoms with Gasteiger partial charge in [0, 0.05) is 15.9 Å². The second-order valence-electron chi connectivity index (χ2n) is 5.37. The summed E-state index contributed by atoms with van der Waals surface area (Å²) in [6.07, 6.45) is 3.08. The Morgan fingerprint density at radius 2 is 2.00 bits per heavy atom. The lowest BCUT2D eigenvalue weighted by Gasteiger charge is -2.17. The van der Waals surface area contributed by atoms with Crippen molar-refractivity contribution in [1.82, 2.24) is 0 Å². The minimum absolute atomic E-state index is 0.232. The third-order valence-electron chi connectivity index (χ3n) is 3.79. The molecule has 0 aliphatic carbocycles. The number of carbonyl (C=O) groups excluding carboxylic acids is 2. The van der Waals surface area contributed by atoms with E-state index in [0.717, 1.165) is 4.47 Å². The molecule has 3 rings (SSSR count). The van der Waals surface area contributed by atoms with Gasteiger partial charge >= 0.3 is 5.97 Å². The molecule has 25 heavy (non-hydrogen) atoms. The van der Waals surface area contributed by atoms with E-state index >= 15 is 0 Å². The Bertz CT molecular complexity index is 863. The average Bonchev–Trinajstić information content (AvgIpc) is 3.17. The summed E-state index contributed by atoms with van der Waals surface area (Å²) in [4.78, 5) is 26.9. The van der Waals surface area contributed by atoms with Crippen LogP contribution in [0.25, 0.3) is 6.08 Å². The number of allylic oxidation sites excluding steroid dienone is 1. The molecule has 0 spiro atoms. The molecule has 1 amide bonds. The van der Waals surface area contributed by atoms with Gasteiger partial charge in [0.1, 0.15) is 5.76 Å². The highest BCUT2D eigenvalue weighted by molar-refractivity contribution is 9.10. The van der Waals surface area contributed by atoms with Gasteiger partial charge in [0.25, 0.3) is 5.91 Å². The fraction of sp³-hybridized carbons (Fsp3) is 0.158. The lowest BCUT2D eigenvalue weighted by Crippen LogP contribution is -2.24. The van der Waals surface area contributed by atoms with E-state index in [9.17, 15) is 9.59 Å². The number of benzene rings is 1. The van der Waals surface area contributed by atoms with E-state index in [4.69, 9.17) is 9.15 Å². The quantitative estimate of drug-likeness (QED) is 0.565. The highest BCUT2D eigenvalue weighted by atomic mass is 79.9. The van der Waals surface area contributed by atoms with Crippen molar-refractivity contribution in [3.8, 4) is 0 Å². The van der Waals surface area contributed by atoms with Crippen LogP contribution in [-0.4, -0.2) is 18.5 Å². The van der Waals surface area contributed by atoms with Crippen LogP contribution in [0.15, 0.2) is 68.4 Å². The molecule has 0 atom stereocenters. The van der Waals surface area contributed by atoms with Crippen molar-refractivity contribution in [2.75, 3.05) is 11.5 Å². The number of carbonyl (C=O) groups is 2. The van der Waals surface area contributed by atoms with Crippen LogP contribution in [0.4, 0.5) is 5.69 Å². The highest BCUT2D eigenvalue weighted by Crippen LogP contribution is 2.35. The van der Waals surface area contributed by atoms with E-state index in [1.807, 2.05) is 24.3 Å². The molecular weight excluding hydrogens is 386 g/mol. The highest BCUT2D eigenvalue weighted by Gasteiger charge is 2.38. The fourth-order valence-electron chi connectivity index (χ4n) is 2.70. The van der Waals surface area contributed by atoms with Crippen LogP contribution in [0.1, 0.15) is 19.6 Å². The smallest absolute Gasteiger partial charge is 0.340 e. The van der Waals surface area contributed by atoms with Gasteiger partial charge in [-0.3, -0.25) is 9.69 Å². The first-order valence-corrected chi connectivity index (χ1v) is 8.55. The zero-order valence-corrected chi connectivity index (χ0v) is 15.4. The van der Waals surface area contributed by atoms with Gasteiger partial charge in [-0.15, -0.1) is 0 Å². The maximum atomic E-state index is 13.0. The Labute approximate surface area is 153 Å². The number of ether oxygens (including phenoxy) is 1. The summed E-state index contributed by atoms with van der Waals surface area (Å²) in [6.45, 7) is 3.69. The topological polar surface area (TPSA) is 59.8 Å². The zero-order chi connectivity index (χ0) is 18.0. The minimum atomic E-state index is -0.522. The predicted molar refractivity (Wildman–Crippen MR) is 97.6 cm³/mol. The van der Waals surface area contributed by atoms with Gasteiger partial charge in [-0.05, 0) is 56.3 Å². The zero-order valence-electron chi connectivity index (χ0n) is 13.8. The first kappa shape index (κ1) is 17.2. The third kappa shape index (κ3) is 3.30. The summed E-state index contributed by atoms with van der Waals surface area (Å²) in [6, 6.07) is 10.7. The van der Waals surface area contributed by atoms with Gasteiger partial charge < -0.3 is 9.15 Å². The molecule has 128 valence electrons. The van der Waals surface area contributed by atoms with Crippen molar-refractivity contribution in [2.45, 2.75) is 13.8 Å². The molecule has 2 aromatic rings. The Morgan fingerprint density at radius 3 is 2.60 bits per heavy atom.